The Labute approximate surface area is 194 Å². The van der Waals surface area contributed by atoms with E-state index in [1.807, 2.05) is 24.3 Å². The number of sulfonamides is 1. The van der Waals surface area contributed by atoms with Crippen LogP contribution in [0.4, 0.5) is 11.4 Å². The van der Waals surface area contributed by atoms with Crippen LogP contribution in [-0.2, 0) is 27.9 Å². The molecule has 0 aromatic heterocycles. The van der Waals surface area contributed by atoms with Gasteiger partial charge in [0.1, 0.15) is 6.04 Å². The Hall–Kier alpha value is -2.98. The number of hydrogen-bond acceptors (Lipinski definition) is 6. The first kappa shape index (κ1) is 24.7. The van der Waals surface area contributed by atoms with E-state index in [-0.39, 0.29) is 17.9 Å². The summed E-state index contributed by atoms with van der Waals surface area (Å²) >= 11 is 0. The van der Waals surface area contributed by atoms with Crippen molar-refractivity contribution >= 4 is 27.3 Å². The van der Waals surface area contributed by atoms with Gasteiger partial charge in [0.05, 0.1) is 16.9 Å². The van der Waals surface area contributed by atoms with Gasteiger partial charge in [0.15, 0.2) is 0 Å². The van der Waals surface area contributed by atoms with Gasteiger partial charge in [-0.25, -0.2) is 8.42 Å². The predicted molar refractivity (Wildman–Crippen MR) is 127 cm³/mol. The number of anilines is 1. The first-order valence-electron chi connectivity index (χ1n) is 11.0. The number of amides is 1. The summed E-state index contributed by atoms with van der Waals surface area (Å²) in [6, 6.07) is 12.2. The fourth-order valence-corrected chi connectivity index (χ4v) is 5.19. The monoisotopic (exact) mass is 474 g/mol. The minimum atomic E-state index is -3.86. The molecule has 2 aromatic carbocycles. The molecule has 178 valence electrons. The number of nitrogens with zero attached hydrogens (tertiary/aromatic N) is 3. The SMILES string of the molecule is C[C@@H](C(=O)NCc1ccc(CN2CCCCC2)cc1)N(c1cccc([N+](=O)[O-])c1)S(C)(=O)=O. The number of carbonyl (C=O) groups is 1. The zero-order valence-corrected chi connectivity index (χ0v) is 19.8. The molecular formula is C23H30N4O5S. The lowest BCUT2D eigenvalue weighted by Gasteiger charge is -2.28. The van der Waals surface area contributed by atoms with Gasteiger partial charge in [-0.05, 0) is 50.0 Å². The predicted octanol–water partition coefficient (Wildman–Crippen LogP) is 3.05. The largest absolute Gasteiger partial charge is 0.350 e. The molecule has 0 radical (unpaired) electrons. The fraction of sp³-hybridized carbons (Fsp3) is 0.435. The summed E-state index contributed by atoms with van der Waals surface area (Å²) in [5.41, 5.74) is 1.93. The van der Waals surface area contributed by atoms with Crippen LogP contribution in [0.15, 0.2) is 48.5 Å². The average Bonchev–Trinajstić information content (AvgIpc) is 2.78. The third-order valence-electron chi connectivity index (χ3n) is 5.73. The number of rotatable bonds is 9. The minimum absolute atomic E-state index is 0.0661. The number of carbonyl (C=O) groups excluding carboxylic acids is 1. The van der Waals surface area contributed by atoms with Gasteiger partial charge in [-0.1, -0.05) is 36.8 Å². The van der Waals surface area contributed by atoms with Crippen molar-refractivity contribution in [1.82, 2.24) is 10.2 Å². The second-order valence-electron chi connectivity index (χ2n) is 8.38. The zero-order chi connectivity index (χ0) is 24.0. The second-order valence-corrected chi connectivity index (χ2v) is 10.2. The molecule has 1 heterocycles. The smallest absolute Gasteiger partial charge is 0.271 e. The van der Waals surface area contributed by atoms with E-state index >= 15 is 0 Å². The molecule has 2 aromatic rings. The molecule has 0 saturated carbocycles. The van der Waals surface area contributed by atoms with Crippen LogP contribution in [0.25, 0.3) is 0 Å². The van der Waals surface area contributed by atoms with E-state index in [2.05, 4.69) is 10.2 Å². The van der Waals surface area contributed by atoms with E-state index in [1.54, 1.807) is 0 Å². The Morgan fingerprint density at radius 2 is 1.76 bits per heavy atom. The summed E-state index contributed by atoms with van der Waals surface area (Å²) in [6.45, 7) is 4.86. The molecule has 0 bridgehead atoms. The molecule has 0 aliphatic carbocycles. The molecular weight excluding hydrogens is 444 g/mol. The van der Waals surface area contributed by atoms with E-state index in [4.69, 9.17) is 0 Å². The van der Waals surface area contributed by atoms with E-state index in [0.717, 1.165) is 41.8 Å². The second kappa shape index (κ2) is 10.8. The van der Waals surface area contributed by atoms with Crippen molar-refractivity contribution in [2.24, 2.45) is 0 Å². The summed E-state index contributed by atoms with van der Waals surface area (Å²) in [5, 5.41) is 13.8. The molecule has 33 heavy (non-hydrogen) atoms. The van der Waals surface area contributed by atoms with E-state index in [9.17, 15) is 23.3 Å². The highest BCUT2D eigenvalue weighted by molar-refractivity contribution is 7.92. The van der Waals surface area contributed by atoms with Crippen LogP contribution in [0.1, 0.15) is 37.3 Å². The minimum Gasteiger partial charge on any atom is -0.350 e. The molecule has 0 spiro atoms. The molecule has 1 aliphatic rings. The Bertz CT molecular complexity index is 1080. The molecule has 1 atom stereocenters. The van der Waals surface area contributed by atoms with Crippen LogP contribution < -0.4 is 9.62 Å². The highest BCUT2D eigenvalue weighted by atomic mass is 32.2. The van der Waals surface area contributed by atoms with Gasteiger partial charge in [0.25, 0.3) is 5.69 Å². The number of piperidine rings is 1. The van der Waals surface area contributed by atoms with Crippen molar-refractivity contribution in [2.75, 3.05) is 23.7 Å². The molecule has 0 unspecified atom stereocenters. The molecule has 1 amide bonds. The molecule has 3 rings (SSSR count). The number of nitrogens with one attached hydrogen (secondary N) is 1. The quantitative estimate of drug-likeness (QED) is 0.441. The lowest BCUT2D eigenvalue weighted by Crippen LogP contribution is -2.47. The number of nitro groups is 1. The van der Waals surface area contributed by atoms with Crippen LogP contribution in [0, 0.1) is 10.1 Å². The Kier molecular flexibility index (Phi) is 8.04. The van der Waals surface area contributed by atoms with Gasteiger partial charge < -0.3 is 5.32 Å². The van der Waals surface area contributed by atoms with Gasteiger partial charge in [0, 0.05) is 25.2 Å². The van der Waals surface area contributed by atoms with Crippen LogP contribution in [0.3, 0.4) is 0 Å². The van der Waals surface area contributed by atoms with E-state index in [1.165, 1.54) is 49.9 Å². The van der Waals surface area contributed by atoms with Crippen molar-refractivity contribution < 1.29 is 18.1 Å². The van der Waals surface area contributed by atoms with Crippen molar-refractivity contribution in [3.63, 3.8) is 0 Å². The summed E-state index contributed by atoms with van der Waals surface area (Å²) in [7, 11) is -3.86. The normalized spacial score (nSPS) is 15.6. The number of hydrogen-bond donors (Lipinski definition) is 1. The van der Waals surface area contributed by atoms with Gasteiger partial charge in [-0.3, -0.25) is 24.1 Å². The topological polar surface area (TPSA) is 113 Å². The number of benzene rings is 2. The van der Waals surface area contributed by atoms with Crippen molar-refractivity contribution in [2.45, 2.75) is 45.3 Å². The lowest BCUT2D eigenvalue weighted by molar-refractivity contribution is -0.384. The number of nitro benzene ring substituents is 1. The van der Waals surface area contributed by atoms with Crippen LogP contribution in [0.2, 0.25) is 0 Å². The summed E-state index contributed by atoms with van der Waals surface area (Å²) in [4.78, 5) is 25.7. The van der Waals surface area contributed by atoms with Crippen molar-refractivity contribution in [3.8, 4) is 0 Å². The Morgan fingerprint density at radius 3 is 2.36 bits per heavy atom. The number of likely N-dealkylation sites (tertiary alicyclic amines) is 1. The summed E-state index contributed by atoms with van der Waals surface area (Å²) < 4.78 is 25.7. The first-order chi connectivity index (χ1) is 15.6. The van der Waals surface area contributed by atoms with Gasteiger partial charge >= 0.3 is 0 Å². The lowest BCUT2D eigenvalue weighted by atomic mass is 10.1. The van der Waals surface area contributed by atoms with Gasteiger partial charge in [0.2, 0.25) is 15.9 Å². The summed E-state index contributed by atoms with van der Waals surface area (Å²) in [6.07, 6.45) is 4.74. The Morgan fingerprint density at radius 1 is 1.12 bits per heavy atom. The molecule has 1 N–H and O–H groups in total. The third kappa shape index (κ3) is 6.75. The molecule has 10 heteroatoms. The standard InChI is InChI=1S/C23H30N4O5S/c1-18(26(33(2,31)32)21-7-6-8-22(15-21)27(29)30)23(28)24-16-19-9-11-20(12-10-19)17-25-13-4-3-5-14-25/h6-12,15,18H,3-5,13-14,16-17H2,1-2H3,(H,24,28)/t18-/m0/s1. The first-order valence-corrected chi connectivity index (χ1v) is 12.8. The van der Waals surface area contributed by atoms with E-state index in [0.29, 0.717) is 0 Å². The molecule has 1 fully saturated rings. The van der Waals surface area contributed by atoms with Gasteiger partial charge in [-0.15, -0.1) is 0 Å². The maximum absolute atomic E-state index is 12.8. The Balaban J connectivity index is 1.64. The molecule has 9 nitrogen and oxygen atoms in total. The van der Waals surface area contributed by atoms with Crippen molar-refractivity contribution in [3.05, 3.63) is 69.8 Å². The molecule has 1 aliphatic heterocycles. The van der Waals surface area contributed by atoms with E-state index < -0.39 is 26.9 Å². The van der Waals surface area contributed by atoms with Crippen LogP contribution in [0.5, 0.6) is 0 Å². The molecule has 1 saturated heterocycles. The zero-order valence-electron chi connectivity index (χ0n) is 18.9. The van der Waals surface area contributed by atoms with Gasteiger partial charge in [-0.2, -0.15) is 0 Å². The van der Waals surface area contributed by atoms with Crippen LogP contribution in [-0.4, -0.2) is 49.5 Å². The highest BCUT2D eigenvalue weighted by Crippen LogP contribution is 2.25. The number of non-ortho nitro benzene ring substituents is 1. The fourth-order valence-electron chi connectivity index (χ4n) is 4.03. The maximum Gasteiger partial charge on any atom is 0.271 e. The summed E-state index contributed by atoms with van der Waals surface area (Å²) in [5.74, 6) is -0.496. The maximum atomic E-state index is 12.8. The van der Waals surface area contributed by atoms with Crippen molar-refractivity contribution in [1.29, 1.82) is 0 Å². The average molecular weight is 475 g/mol. The van der Waals surface area contributed by atoms with Crippen LogP contribution >= 0.6 is 0 Å². The third-order valence-corrected chi connectivity index (χ3v) is 6.97. The highest BCUT2D eigenvalue weighted by Gasteiger charge is 2.30.